The minimum Gasteiger partial charge on any atom is -0.456 e. The van der Waals surface area contributed by atoms with Crippen LogP contribution in [0.15, 0.2) is 180 Å². The maximum atomic E-state index is 6.14. The van der Waals surface area contributed by atoms with Crippen molar-refractivity contribution in [1.29, 1.82) is 0 Å². The molecule has 11 aromatic rings. The minimum atomic E-state index is -0.238. The second-order valence-corrected chi connectivity index (χ2v) is 15.8. The molecule has 1 aliphatic rings. The van der Waals surface area contributed by atoms with Crippen molar-refractivity contribution < 1.29 is 4.42 Å². The number of hydrogen-bond donors (Lipinski definition) is 0. The monoisotopic (exact) mass is 729 g/mol. The highest BCUT2D eigenvalue weighted by molar-refractivity contribution is 6.11. The maximum absolute atomic E-state index is 6.14. The summed E-state index contributed by atoms with van der Waals surface area (Å²) in [6.45, 7) is 4.69. The van der Waals surface area contributed by atoms with Gasteiger partial charge in [-0.05, 0) is 94.0 Å². The normalized spacial score (nSPS) is 13.2. The van der Waals surface area contributed by atoms with Gasteiger partial charge in [-0.15, -0.1) is 0 Å². The van der Waals surface area contributed by atoms with Gasteiger partial charge in [-0.3, -0.25) is 0 Å². The van der Waals surface area contributed by atoms with Crippen molar-refractivity contribution >= 4 is 54.6 Å². The molecule has 0 N–H and O–H groups in total. The van der Waals surface area contributed by atoms with E-state index in [0.717, 1.165) is 61.2 Å². The number of fused-ring (bicyclic) bond motifs is 10. The molecule has 57 heavy (non-hydrogen) atoms. The molecule has 1 aliphatic carbocycles. The number of nitrogens with zero attached hydrogens (tertiary/aromatic N) is 3. The molecule has 0 radical (unpaired) electrons. The number of rotatable bonds is 4. The first-order valence-corrected chi connectivity index (χ1v) is 19.6. The smallest absolute Gasteiger partial charge is 0.160 e. The lowest BCUT2D eigenvalue weighted by Gasteiger charge is -2.23. The summed E-state index contributed by atoms with van der Waals surface area (Å²) < 4.78 is 8.57. The first-order valence-electron chi connectivity index (χ1n) is 19.6. The van der Waals surface area contributed by atoms with E-state index in [1.54, 1.807) is 0 Å². The van der Waals surface area contributed by atoms with Crippen LogP contribution in [0.5, 0.6) is 0 Å². The van der Waals surface area contributed by atoms with Gasteiger partial charge in [0.25, 0.3) is 0 Å². The highest BCUT2D eigenvalue weighted by Gasteiger charge is 2.36. The largest absolute Gasteiger partial charge is 0.456 e. The van der Waals surface area contributed by atoms with Crippen LogP contribution in [-0.2, 0) is 5.41 Å². The van der Waals surface area contributed by atoms with E-state index in [1.807, 2.05) is 24.3 Å². The van der Waals surface area contributed by atoms with Crippen LogP contribution in [0.1, 0.15) is 25.0 Å². The summed E-state index contributed by atoms with van der Waals surface area (Å²) >= 11 is 0. The molecule has 0 bridgehead atoms. The Morgan fingerprint density at radius 3 is 1.93 bits per heavy atom. The number of furan rings is 1. The van der Waals surface area contributed by atoms with Crippen LogP contribution >= 0.6 is 0 Å². The number of benzene rings is 8. The lowest BCUT2D eigenvalue weighted by Crippen LogP contribution is -2.15. The van der Waals surface area contributed by atoms with E-state index in [9.17, 15) is 0 Å². The molecule has 0 saturated heterocycles. The molecule has 0 fully saturated rings. The summed E-state index contributed by atoms with van der Waals surface area (Å²) in [6, 6.07) is 63.0. The van der Waals surface area contributed by atoms with Gasteiger partial charge in [0, 0.05) is 49.2 Å². The Balaban J connectivity index is 0.962. The molecule has 4 nitrogen and oxygen atoms in total. The summed E-state index contributed by atoms with van der Waals surface area (Å²) in [6.07, 6.45) is 0. The van der Waals surface area contributed by atoms with Crippen LogP contribution in [0.2, 0.25) is 0 Å². The van der Waals surface area contributed by atoms with Crippen molar-refractivity contribution in [2.45, 2.75) is 19.3 Å². The SMILES string of the molecule is CC1(C)c2cc(-c3nc(-c4ccccc4)c4ccccc4n3)ccc2-c2ccc(-n3c4ccccc4c4cc(-c5ccc6oc7ccccc7c6c5)ccc43)cc21. The van der Waals surface area contributed by atoms with Crippen LogP contribution in [0.25, 0.3) is 105 Å². The van der Waals surface area contributed by atoms with Crippen LogP contribution in [0.3, 0.4) is 0 Å². The van der Waals surface area contributed by atoms with E-state index in [1.165, 1.54) is 55.2 Å². The Kier molecular flexibility index (Phi) is 6.65. The van der Waals surface area contributed by atoms with Gasteiger partial charge < -0.3 is 8.98 Å². The minimum absolute atomic E-state index is 0.238. The number of para-hydroxylation sites is 3. The van der Waals surface area contributed by atoms with E-state index >= 15 is 0 Å². The van der Waals surface area contributed by atoms with E-state index in [-0.39, 0.29) is 5.41 Å². The highest BCUT2D eigenvalue weighted by atomic mass is 16.3. The zero-order valence-electron chi connectivity index (χ0n) is 31.5. The van der Waals surface area contributed by atoms with Gasteiger partial charge in [0.1, 0.15) is 11.2 Å². The van der Waals surface area contributed by atoms with E-state index in [2.05, 4.69) is 170 Å². The van der Waals surface area contributed by atoms with Crippen LogP contribution in [0.4, 0.5) is 0 Å². The maximum Gasteiger partial charge on any atom is 0.160 e. The van der Waals surface area contributed by atoms with Crippen LogP contribution in [-0.4, -0.2) is 14.5 Å². The van der Waals surface area contributed by atoms with E-state index in [4.69, 9.17) is 14.4 Å². The second kappa shape index (κ2) is 11.8. The molecule has 0 amide bonds. The first-order chi connectivity index (χ1) is 28.0. The molecule has 4 heteroatoms. The molecule has 0 unspecified atom stereocenters. The fraction of sp³-hybridized carbons (Fsp3) is 0.0566. The Morgan fingerprint density at radius 2 is 1.07 bits per heavy atom. The van der Waals surface area contributed by atoms with Crippen LogP contribution in [0, 0.1) is 0 Å². The molecule has 12 rings (SSSR count). The molecule has 8 aromatic carbocycles. The average molecular weight is 730 g/mol. The molecule has 0 saturated carbocycles. The van der Waals surface area contributed by atoms with Crippen molar-refractivity contribution in [2.24, 2.45) is 0 Å². The highest BCUT2D eigenvalue weighted by Crippen LogP contribution is 2.51. The quantitative estimate of drug-likeness (QED) is 0.181. The summed E-state index contributed by atoms with van der Waals surface area (Å²) in [5.41, 5.74) is 16.7. The van der Waals surface area contributed by atoms with Crippen molar-refractivity contribution in [3.8, 4) is 50.6 Å². The van der Waals surface area contributed by atoms with Gasteiger partial charge in [-0.2, -0.15) is 0 Å². The average Bonchev–Trinajstić information content (AvgIpc) is 3.88. The van der Waals surface area contributed by atoms with Crippen molar-refractivity contribution in [3.63, 3.8) is 0 Å². The van der Waals surface area contributed by atoms with Crippen molar-refractivity contribution in [3.05, 3.63) is 187 Å². The first kappa shape index (κ1) is 32.0. The summed E-state index contributed by atoms with van der Waals surface area (Å²) in [5.74, 6) is 0.741. The number of hydrogen-bond acceptors (Lipinski definition) is 3. The molecule has 3 aromatic heterocycles. The van der Waals surface area contributed by atoms with E-state index < -0.39 is 0 Å². The third-order valence-corrected chi connectivity index (χ3v) is 12.2. The predicted octanol–water partition coefficient (Wildman–Crippen LogP) is 13.9. The summed E-state index contributed by atoms with van der Waals surface area (Å²) in [7, 11) is 0. The molecule has 0 atom stereocenters. The zero-order valence-corrected chi connectivity index (χ0v) is 31.5. The summed E-state index contributed by atoms with van der Waals surface area (Å²) in [4.78, 5) is 10.3. The molecular weight excluding hydrogens is 695 g/mol. The molecule has 0 spiro atoms. The Labute approximate surface area is 329 Å². The van der Waals surface area contributed by atoms with Gasteiger partial charge in [0.2, 0.25) is 0 Å². The van der Waals surface area contributed by atoms with E-state index in [0.29, 0.717) is 0 Å². The lowest BCUT2D eigenvalue weighted by atomic mass is 9.81. The topological polar surface area (TPSA) is 43.9 Å². The van der Waals surface area contributed by atoms with Crippen LogP contribution < -0.4 is 0 Å². The van der Waals surface area contributed by atoms with Gasteiger partial charge >= 0.3 is 0 Å². The number of aromatic nitrogens is 3. The van der Waals surface area contributed by atoms with Gasteiger partial charge in [-0.25, -0.2) is 9.97 Å². The van der Waals surface area contributed by atoms with Gasteiger partial charge in [0.15, 0.2) is 5.82 Å². The van der Waals surface area contributed by atoms with Crippen molar-refractivity contribution in [1.82, 2.24) is 14.5 Å². The second-order valence-electron chi connectivity index (χ2n) is 15.8. The lowest BCUT2D eigenvalue weighted by molar-refractivity contribution is 0.660. The molecule has 0 aliphatic heterocycles. The third kappa shape index (κ3) is 4.74. The Hall–Kier alpha value is -7.30. The standard InChI is InChI=1S/C53H35N3O/c1-53(2)44-30-35(52-54-46-17-9-6-16-41(46)51(55-52)32-12-4-3-5-13-32)20-24-37(44)38-25-23-36(31-45(38)53)56-47-18-10-7-14-39(47)42-28-33(21-26-48(42)56)34-22-27-50-43(29-34)40-15-8-11-19-49(40)57-50/h3-31H,1-2H3. The van der Waals surface area contributed by atoms with Gasteiger partial charge in [-0.1, -0.05) is 129 Å². The Morgan fingerprint density at radius 1 is 0.439 bits per heavy atom. The van der Waals surface area contributed by atoms with Crippen molar-refractivity contribution in [2.75, 3.05) is 0 Å². The molecule has 268 valence electrons. The molecular formula is C53H35N3O. The Bertz CT molecular complexity index is 3440. The fourth-order valence-electron chi connectivity index (χ4n) is 9.36. The zero-order chi connectivity index (χ0) is 37.8. The molecule has 3 heterocycles. The third-order valence-electron chi connectivity index (χ3n) is 12.2. The summed E-state index contributed by atoms with van der Waals surface area (Å²) in [5, 5.41) is 5.81. The fourth-order valence-corrected chi connectivity index (χ4v) is 9.36. The van der Waals surface area contributed by atoms with Gasteiger partial charge in [0.05, 0.1) is 22.2 Å². The predicted molar refractivity (Wildman–Crippen MR) is 235 cm³/mol.